The van der Waals surface area contributed by atoms with Crippen LogP contribution in [0.3, 0.4) is 0 Å². The summed E-state index contributed by atoms with van der Waals surface area (Å²) in [6, 6.07) is 0. The molecule has 0 spiro atoms. The molecule has 0 radical (unpaired) electrons. The first-order valence-electron chi connectivity index (χ1n) is 7.25. The van der Waals surface area contributed by atoms with E-state index >= 15 is 0 Å². The maximum Gasteiger partial charge on any atom is 0.333 e. The molecule has 1 aliphatic carbocycles. The van der Waals surface area contributed by atoms with Crippen LogP contribution in [-0.2, 0) is 13.5 Å². The predicted octanol–water partition coefficient (Wildman–Crippen LogP) is 3.19. The molecule has 0 unspecified atom stereocenters. The molecule has 1 aliphatic rings. The van der Waals surface area contributed by atoms with Crippen molar-refractivity contribution in [1.82, 2.24) is 9.78 Å². The maximum atomic E-state index is 11.3. The van der Waals surface area contributed by atoms with Crippen LogP contribution in [0.2, 0.25) is 0 Å². The molecule has 0 saturated heterocycles. The van der Waals surface area contributed by atoms with Gasteiger partial charge in [-0.05, 0) is 32.1 Å². The molecule has 0 amide bonds. The quantitative estimate of drug-likeness (QED) is 0.472. The fourth-order valence-electron chi connectivity index (χ4n) is 2.67. The summed E-state index contributed by atoms with van der Waals surface area (Å²) in [6.45, 7) is 2.72. The summed E-state index contributed by atoms with van der Waals surface area (Å²) in [7, 11) is 1.75. The van der Waals surface area contributed by atoms with Crippen LogP contribution in [0.25, 0.3) is 0 Å². The number of aromatic nitrogens is 2. The summed E-state index contributed by atoms with van der Waals surface area (Å²) in [4.78, 5) is 10.9. The van der Waals surface area contributed by atoms with Crippen LogP contribution in [0, 0.1) is 10.1 Å². The van der Waals surface area contributed by atoms with Gasteiger partial charge in [0, 0.05) is 13.6 Å². The summed E-state index contributed by atoms with van der Waals surface area (Å²) in [5, 5.41) is 18.7. The summed E-state index contributed by atoms with van der Waals surface area (Å²) in [6.07, 6.45) is 8.29. The highest BCUT2D eigenvalue weighted by Crippen LogP contribution is 2.29. The third-order valence-corrected chi connectivity index (χ3v) is 3.63. The number of anilines is 1. The normalized spacial score (nSPS) is 14.4. The van der Waals surface area contributed by atoms with Crippen molar-refractivity contribution < 1.29 is 4.92 Å². The third-order valence-electron chi connectivity index (χ3n) is 3.63. The van der Waals surface area contributed by atoms with Crippen molar-refractivity contribution >= 4 is 11.5 Å². The molecule has 0 aromatic carbocycles. The Kier molecular flexibility index (Phi) is 4.76. The van der Waals surface area contributed by atoms with Gasteiger partial charge in [-0.2, -0.15) is 5.10 Å². The first-order valence-corrected chi connectivity index (χ1v) is 7.25. The molecule has 1 N–H and O–H groups in total. The summed E-state index contributed by atoms with van der Waals surface area (Å²) in [5.41, 5.74) is 2.16. The van der Waals surface area contributed by atoms with Gasteiger partial charge in [0.1, 0.15) is 5.69 Å². The Morgan fingerprint density at radius 2 is 2.30 bits per heavy atom. The molecule has 1 aromatic heterocycles. The number of nitrogens with zero attached hydrogens (tertiary/aromatic N) is 3. The van der Waals surface area contributed by atoms with Crippen molar-refractivity contribution in [2.75, 3.05) is 11.9 Å². The average Bonchev–Trinajstić information content (AvgIpc) is 2.99. The Morgan fingerprint density at radius 1 is 1.50 bits per heavy atom. The molecular formula is C14H22N4O2. The first-order chi connectivity index (χ1) is 9.63. The van der Waals surface area contributed by atoms with E-state index in [2.05, 4.69) is 16.5 Å². The van der Waals surface area contributed by atoms with Gasteiger partial charge in [-0.3, -0.25) is 10.1 Å². The molecule has 0 saturated carbocycles. The van der Waals surface area contributed by atoms with E-state index in [4.69, 9.17) is 0 Å². The maximum absolute atomic E-state index is 11.3. The topological polar surface area (TPSA) is 73.0 Å². The van der Waals surface area contributed by atoms with E-state index in [1.54, 1.807) is 11.7 Å². The average molecular weight is 278 g/mol. The molecule has 1 heterocycles. The lowest BCUT2D eigenvalue weighted by molar-refractivity contribution is -0.384. The van der Waals surface area contributed by atoms with E-state index in [0.29, 0.717) is 17.9 Å². The molecule has 20 heavy (non-hydrogen) atoms. The van der Waals surface area contributed by atoms with Gasteiger partial charge in [0.25, 0.3) is 0 Å². The van der Waals surface area contributed by atoms with Crippen molar-refractivity contribution in [3.8, 4) is 0 Å². The molecule has 0 fully saturated rings. The highest BCUT2D eigenvalue weighted by molar-refractivity contribution is 5.59. The lowest BCUT2D eigenvalue weighted by Gasteiger charge is -2.06. The van der Waals surface area contributed by atoms with Crippen LogP contribution in [-0.4, -0.2) is 21.2 Å². The standard InChI is InChI=1S/C14H22N4O2/c1-3-6-12-13(18(19)20)14(17(2)16-12)15-10-9-11-7-4-5-8-11/h7,15H,3-6,8-10H2,1-2H3. The van der Waals surface area contributed by atoms with Crippen LogP contribution >= 0.6 is 0 Å². The lowest BCUT2D eigenvalue weighted by Crippen LogP contribution is -2.08. The Morgan fingerprint density at radius 3 is 2.90 bits per heavy atom. The van der Waals surface area contributed by atoms with Crippen LogP contribution < -0.4 is 5.32 Å². The minimum Gasteiger partial charge on any atom is -0.364 e. The van der Waals surface area contributed by atoms with E-state index in [-0.39, 0.29) is 10.6 Å². The van der Waals surface area contributed by atoms with Gasteiger partial charge in [0.2, 0.25) is 5.82 Å². The van der Waals surface area contributed by atoms with Gasteiger partial charge in [0.15, 0.2) is 0 Å². The zero-order valence-corrected chi connectivity index (χ0v) is 12.2. The van der Waals surface area contributed by atoms with Gasteiger partial charge in [0.05, 0.1) is 4.92 Å². The molecule has 6 heteroatoms. The lowest BCUT2D eigenvalue weighted by atomic mass is 10.1. The number of allylic oxidation sites excluding steroid dienone is 1. The monoisotopic (exact) mass is 278 g/mol. The second-order valence-electron chi connectivity index (χ2n) is 5.21. The van der Waals surface area contributed by atoms with Crippen molar-refractivity contribution in [1.29, 1.82) is 0 Å². The van der Waals surface area contributed by atoms with E-state index in [1.807, 2.05) is 6.92 Å². The zero-order chi connectivity index (χ0) is 14.5. The zero-order valence-electron chi connectivity index (χ0n) is 12.2. The molecule has 0 bridgehead atoms. The van der Waals surface area contributed by atoms with E-state index < -0.39 is 0 Å². The minimum absolute atomic E-state index is 0.134. The van der Waals surface area contributed by atoms with Crippen LogP contribution in [0.4, 0.5) is 11.5 Å². The summed E-state index contributed by atoms with van der Waals surface area (Å²) in [5.74, 6) is 0.525. The van der Waals surface area contributed by atoms with Crippen molar-refractivity contribution in [3.63, 3.8) is 0 Å². The fourth-order valence-corrected chi connectivity index (χ4v) is 2.67. The Bertz CT molecular complexity index is 519. The second kappa shape index (κ2) is 6.54. The Labute approximate surface area is 119 Å². The predicted molar refractivity (Wildman–Crippen MR) is 78.9 cm³/mol. The molecular weight excluding hydrogens is 256 g/mol. The van der Waals surface area contributed by atoms with Gasteiger partial charge >= 0.3 is 5.69 Å². The number of hydrogen-bond acceptors (Lipinski definition) is 4. The number of nitro groups is 1. The number of aryl methyl sites for hydroxylation is 2. The molecule has 2 rings (SSSR count). The van der Waals surface area contributed by atoms with E-state index in [1.165, 1.54) is 18.4 Å². The van der Waals surface area contributed by atoms with Gasteiger partial charge in [-0.25, -0.2) is 4.68 Å². The summed E-state index contributed by atoms with van der Waals surface area (Å²) < 4.78 is 1.59. The van der Waals surface area contributed by atoms with Gasteiger partial charge in [-0.15, -0.1) is 0 Å². The van der Waals surface area contributed by atoms with Gasteiger partial charge < -0.3 is 5.32 Å². The smallest absolute Gasteiger partial charge is 0.333 e. The third kappa shape index (κ3) is 3.18. The molecule has 0 aliphatic heterocycles. The highest BCUT2D eigenvalue weighted by Gasteiger charge is 2.25. The SMILES string of the molecule is CCCc1nn(C)c(NCCC2=CCCC2)c1[N+](=O)[O-]. The number of nitrogens with one attached hydrogen (secondary N) is 1. The highest BCUT2D eigenvalue weighted by atomic mass is 16.6. The second-order valence-corrected chi connectivity index (χ2v) is 5.21. The minimum atomic E-state index is -0.324. The van der Waals surface area contributed by atoms with Crippen molar-refractivity contribution in [2.45, 2.75) is 45.4 Å². The Hall–Kier alpha value is -1.85. The van der Waals surface area contributed by atoms with E-state index in [0.717, 1.165) is 25.8 Å². The van der Waals surface area contributed by atoms with Crippen molar-refractivity contribution in [3.05, 3.63) is 27.5 Å². The molecule has 110 valence electrons. The molecule has 0 atom stereocenters. The molecule has 1 aromatic rings. The Balaban J connectivity index is 2.07. The molecule has 6 nitrogen and oxygen atoms in total. The first kappa shape index (κ1) is 14.6. The van der Waals surface area contributed by atoms with Crippen LogP contribution in [0.5, 0.6) is 0 Å². The van der Waals surface area contributed by atoms with Crippen LogP contribution in [0.1, 0.15) is 44.7 Å². The van der Waals surface area contributed by atoms with Crippen molar-refractivity contribution in [2.24, 2.45) is 7.05 Å². The largest absolute Gasteiger partial charge is 0.364 e. The van der Waals surface area contributed by atoms with Gasteiger partial charge in [-0.1, -0.05) is 25.0 Å². The van der Waals surface area contributed by atoms with Crippen LogP contribution in [0.15, 0.2) is 11.6 Å². The fraction of sp³-hybridized carbons (Fsp3) is 0.643. The summed E-state index contributed by atoms with van der Waals surface area (Å²) >= 11 is 0. The number of hydrogen-bond donors (Lipinski definition) is 1. The van der Waals surface area contributed by atoms with E-state index in [9.17, 15) is 10.1 Å². The number of rotatable bonds is 7.